The molecule has 1 atom stereocenters. The van der Waals surface area contributed by atoms with Crippen molar-refractivity contribution in [2.24, 2.45) is 0 Å². The van der Waals surface area contributed by atoms with E-state index in [2.05, 4.69) is 35.0 Å². The normalized spacial score (nSPS) is 17.1. The third-order valence-corrected chi connectivity index (χ3v) is 4.77. The van der Waals surface area contributed by atoms with E-state index in [9.17, 15) is 4.79 Å². The van der Waals surface area contributed by atoms with E-state index in [4.69, 9.17) is 0 Å². The highest BCUT2D eigenvalue weighted by Crippen LogP contribution is 2.24. The van der Waals surface area contributed by atoms with Gasteiger partial charge in [-0.2, -0.15) is 0 Å². The molecule has 1 aliphatic rings. The molecule has 0 spiro atoms. The van der Waals surface area contributed by atoms with Crippen LogP contribution in [0.1, 0.15) is 26.2 Å². The quantitative estimate of drug-likeness (QED) is 0.933. The van der Waals surface area contributed by atoms with Gasteiger partial charge in [-0.25, -0.2) is 0 Å². The number of nitrogens with zero attached hydrogens (tertiary/aromatic N) is 1. The molecule has 1 aromatic carbocycles. The Balaban J connectivity index is 1.67. The minimum Gasteiger partial charge on any atom is -0.374 e. The highest BCUT2D eigenvalue weighted by molar-refractivity contribution is 7.17. The average Bonchev–Trinajstić information content (AvgIpc) is 2.95. The van der Waals surface area contributed by atoms with Gasteiger partial charge in [-0.1, -0.05) is 0 Å². The Morgan fingerprint density at radius 2 is 2.05 bits per heavy atom. The summed E-state index contributed by atoms with van der Waals surface area (Å²) in [7, 11) is 0. The van der Waals surface area contributed by atoms with E-state index in [0.717, 1.165) is 31.6 Å². The van der Waals surface area contributed by atoms with Crippen LogP contribution in [0, 0.1) is 0 Å². The number of carbonyl (C=O) groups excluding carboxylic acids is 1. The van der Waals surface area contributed by atoms with Crippen LogP contribution in [0.5, 0.6) is 0 Å². The van der Waals surface area contributed by atoms with Crippen molar-refractivity contribution in [3.63, 3.8) is 0 Å². The molecule has 2 heterocycles. The number of thiophene rings is 1. The number of piperidine rings is 1. The number of nitrogens with one attached hydrogen (secondary N) is 1. The molecule has 3 rings (SSSR count). The lowest BCUT2D eigenvalue weighted by Crippen LogP contribution is -2.43. The van der Waals surface area contributed by atoms with E-state index in [1.807, 2.05) is 11.8 Å². The molecule has 1 amide bonds. The first kappa shape index (κ1) is 13.4. The molecule has 0 radical (unpaired) electrons. The summed E-state index contributed by atoms with van der Waals surface area (Å²) >= 11 is 1.74. The predicted octanol–water partition coefficient (Wildman–Crippen LogP) is 3.71. The van der Waals surface area contributed by atoms with Crippen LogP contribution in [-0.2, 0) is 4.79 Å². The topological polar surface area (TPSA) is 32.3 Å². The molecule has 1 aromatic heterocycles. The van der Waals surface area contributed by atoms with Gasteiger partial charge in [0.2, 0.25) is 5.91 Å². The van der Waals surface area contributed by atoms with Crippen molar-refractivity contribution in [3.8, 4) is 0 Å². The number of benzene rings is 1. The maximum atomic E-state index is 12.4. The van der Waals surface area contributed by atoms with E-state index in [-0.39, 0.29) is 11.9 Å². The van der Waals surface area contributed by atoms with Crippen molar-refractivity contribution in [1.29, 1.82) is 0 Å². The van der Waals surface area contributed by atoms with Crippen molar-refractivity contribution >= 4 is 33.0 Å². The lowest BCUT2D eigenvalue weighted by molar-refractivity contribution is -0.132. The molecule has 1 N–H and O–H groups in total. The van der Waals surface area contributed by atoms with Crippen molar-refractivity contribution in [3.05, 3.63) is 29.6 Å². The van der Waals surface area contributed by atoms with Crippen molar-refractivity contribution in [1.82, 2.24) is 4.90 Å². The lowest BCUT2D eigenvalue weighted by Gasteiger charge is -2.29. The van der Waals surface area contributed by atoms with Gasteiger partial charge in [-0.3, -0.25) is 4.79 Å². The van der Waals surface area contributed by atoms with Crippen molar-refractivity contribution in [2.75, 3.05) is 18.4 Å². The Kier molecular flexibility index (Phi) is 3.92. The molecule has 1 unspecified atom stereocenters. The molecule has 106 valence electrons. The number of hydrogen-bond acceptors (Lipinski definition) is 3. The molecule has 20 heavy (non-hydrogen) atoms. The molecule has 4 heteroatoms. The molecule has 0 bridgehead atoms. The van der Waals surface area contributed by atoms with Crippen LogP contribution >= 0.6 is 11.3 Å². The van der Waals surface area contributed by atoms with Crippen LogP contribution in [0.2, 0.25) is 0 Å². The van der Waals surface area contributed by atoms with Gasteiger partial charge >= 0.3 is 0 Å². The van der Waals surface area contributed by atoms with Gasteiger partial charge in [0.25, 0.3) is 0 Å². The van der Waals surface area contributed by atoms with Gasteiger partial charge in [0, 0.05) is 23.5 Å². The van der Waals surface area contributed by atoms with E-state index < -0.39 is 0 Å². The smallest absolute Gasteiger partial charge is 0.244 e. The number of likely N-dealkylation sites (tertiary alicyclic amines) is 1. The molecule has 2 aromatic rings. The van der Waals surface area contributed by atoms with E-state index in [1.165, 1.54) is 16.5 Å². The number of anilines is 1. The molecular weight excluding hydrogens is 268 g/mol. The van der Waals surface area contributed by atoms with Crippen LogP contribution in [0.4, 0.5) is 5.69 Å². The Morgan fingerprint density at radius 1 is 1.25 bits per heavy atom. The standard InChI is InChI=1S/C16H20N2OS/c1-12(16(19)18-8-3-2-4-9-18)17-14-5-6-15-13(11-14)7-10-20-15/h5-7,10-12,17H,2-4,8-9H2,1H3. The summed E-state index contributed by atoms with van der Waals surface area (Å²) in [5, 5.41) is 6.66. The van der Waals surface area contributed by atoms with Gasteiger partial charge in [0.05, 0.1) is 0 Å². The Hall–Kier alpha value is -1.55. The molecule has 1 aliphatic heterocycles. The summed E-state index contributed by atoms with van der Waals surface area (Å²) in [6.45, 7) is 3.78. The lowest BCUT2D eigenvalue weighted by atomic mass is 10.1. The highest BCUT2D eigenvalue weighted by atomic mass is 32.1. The second-order valence-electron chi connectivity index (χ2n) is 5.43. The number of rotatable bonds is 3. The van der Waals surface area contributed by atoms with E-state index in [1.54, 1.807) is 11.3 Å². The number of amides is 1. The van der Waals surface area contributed by atoms with Crippen LogP contribution in [0.3, 0.4) is 0 Å². The SMILES string of the molecule is CC(Nc1ccc2sccc2c1)C(=O)N1CCCCC1. The summed E-state index contributed by atoms with van der Waals surface area (Å²) in [5.74, 6) is 0.218. The predicted molar refractivity (Wildman–Crippen MR) is 85.3 cm³/mol. The zero-order valence-corrected chi connectivity index (χ0v) is 12.6. The summed E-state index contributed by atoms with van der Waals surface area (Å²) in [6.07, 6.45) is 3.53. The summed E-state index contributed by atoms with van der Waals surface area (Å²) < 4.78 is 1.28. The number of hydrogen-bond donors (Lipinski definition) is 1. The summed E-state index contributed by atoms with van der Waals surface area (Å²) in [5.41, 5.74) is 1.02. The first-order valence-corrected chi connectivity index (χ1v) is 8.14. The number of carbonyl (C=O) groups is 1. The molecule has 0 aliphatic carbocycles. The van der Waals surface area contributed by atoms with Crippen LogP contribution in [0.25, 0.3) is 10.1 Å². The minimum atomic E-state index is -0.163. The third-order valence-electron chi connectivity index (χ3n) is 3.87. The second kappa shape index (κ2) is 5.83. The minimum absolute atomic E-state index is 0.163. The zero-order chi connectivity index (χ0) is 13.9. The average molecular weight is 288 g/mol. The summed E-state index contributed by atoms with van der Waals surface area (Å²) in [6, 6.07) is 8.23. The first-order valence-electron chi connectivity index (χ1n) is 7.26. The van der Waals surface area contributed by atoms with Crippen molar-refractivity contribution in [2.45, 2.75) is 32.2 Å². The van der Waals surface area contributed by atoms with Crippen molar-refractivity contribution < 1.29 is 4.79 Å². The fourth-order valence-electron chi connectivity index (χ4n) is 2.76. The van der Waals surface area contributed by atoms with Gasteiger partial charge in [-0.15, -0.1) is 11.3 Å². The number of fused-ring (bicyclic) bond motifs is 1. The summed E-state index contributed by atoms with van der Waals surface area (Å²) in [4.78, 5) is 14.4. The largest absolute Gasteiger partial charge is 0.374 e. The first-order chi connectivity index (χ1) is 9.74. The fraction of sp³-hybridized carbons (Fsp3) is 0.438. The molecule has 0 saturated carbocycles. The monoisotopic (exact) mass is 288 g/mol. The molecular formula is C16H20N2OS. The van der Waals surface area contributed by atoms with E-state index in [0.29, 0.717) is 0 Å². The molecule has 1 saturated heterocycles. The van der Waals surface area contributed by atoms with Crippen LogP contribution < -0.4 is 5.32 Å². The molecule has 1 fully saturated rings. The van der Waals surface area contributed by atoms with Gasteiger partial charge in [0.1, 0.15) is 6.04 Å². The Morgan fingerprint density at radius 3 is 2.85 bits per heavy atom. The highest BCUT2D eigenvalue weighted by Gasteiger charge is 2.21. The van der Waals surface area contributed by atoms with Gasteiger partial charge in [0.15, 0.2) is 0 Å². The van der Waals surface area contributed by atoms with Gasteiger partial charge < -0.3 is 10.2 Å². The molecule has 3 nitrogen and oxygen atoms in total. The maximum Gasteiger partial charge on any atom is 0.244 e. The maximum absolute atomic E-state index is 12.4. The van der Waals surface area contributed by atoms with Gasteiger partial charge in [-0.05, 0) is 61.2 Å². The Labute approximate surface area is 123 Å². The van der Waals surface area contributed by atoms with E-state index >= 15 is 0 Å². The second-order valence-corrected chi connectivity index (χ2v) is 6.37. The fourth-order valence-corrected chi connectivity index (χ4v) is 3.53. The zero-order valence-electron chi connectivity index (χ0n) is 11.8. The third kappa shape index (κ3) is 2.80. The van der Waals surface area contributed by atoms with Crippen LogP contribution in [0.15, 0.2) is 29.6 Å². The Bertz CT molecular complexity index is 601. The van der Waals surface area contributed by atoms with Crippen LogP contribution in [-0.4, -0.2) is 29.9 Å².